The van der Waals surface area contributed by atoms with E-state index in [1.165, 1.54) is 20.1 Å². The van der Waals surface area contributed by atoms with Gasteiger partial charge < -0.3 is 10.5 Å². The van der Waals surface area contributed by atoms with Gasteiger partial charge in [-0.15, -0.1) is 0 Å². The van der Waals surface area contributed by atoms with Crippen LogP contribution in [0.3, 0.4) is 0 Å². The molecule has 5 heteroatoms. The SMILES string of the molecule is COc1cc(C)c(F)c(C(N)=O)n1. The van der Waals surface area contributed by atoms with Crippen molar-refractivity contribution in [2.75, 3.05) is 7.11 Å². The molecule has 1 heterocycles. The quantitative estimate of drug-likeness (QED) is 0.733. The lowest BCUT2D eigenvalue weighted by atomic mass is 10.2. The predicted octanol–water partition coefficient (Wildman–Crippen LogP) is 0.637. The van der Waals surface area contributed by atoms with E-state index in [1.807, 2.05) is 0 Å². The number of rotatable bonds is 2. The number of nitrogens with two attached hydrogens (primary N) is 1. The molecule has 0 aliphatic carbocycles. The Kier molecular flexibility index (Phi) is 2.46. The van der Waals surface area contributed by atoms with Gasteiger partial charge in [0.15, 0.2) is 11.5 Å². The second kappa shape index (κ2) is 3.38. The van der Waals surface area contributed by atoms with Gasteiger partial charge in [-0.25, -0.2) is 9.37 Å². The number of carbonyl (C=O) groups is 1. The lowest BCUT2D eigenvalue weighted by Crippen LogP contribution is -2.16. The molecule has 4 nitrogen and oxygen atoms in total. The first-order chi connectivity index (χ1) is 6.06. The van der Waals surface area contributed by atoms with E-state index in [2.05, 4.69) is 4.98 Å². The molecule has 0 radical (unpaired) electrons. The summed E-state index contributed by atoms with van der Waals surface area (Å²) in [6.45, 7) is 1.51. The Balaban J connectivity index is 3.33. The molecule has 0 saturated carbocycles. The summed E-state index contributed by atoms with van der Waals surface area (Å²) in [5.74, 6) is -1.43. The summed E-state index contributed by atoms with van der Waals surface area (Å²) < 4.78 is 17.9. The Bertz CT molecular complexity index is 352. The van der Waals surface area contributed by atoms with Crippen molar-refractivity contribution >= 4 is 5.91 Å². The van der Waals surface area contributed by atoms with Gasteiger partial charge in [0.25, 0.3) is 5.91 Å². The first-order valence-electron chi connectivity index (χ1n) is 3.57. The van der Waals surface area contributed by atoms with E-state index in [0.717, 1.165) is 0 Å². The van der Waals surface area contributed by atoms with Crippen LogP contribution in [0.25, 0.3) is 0 Å². The zero-order valence-electron chi connectivity index (χ0n) is 7.30. The number of carbonyl (C=O) groups excluding carboxylic acids is 1. The molecular formula is C8H9FN2O2. The molecule has 13 heavy (non-hydrogen) atoms. The largest absolute Gasteiger partial charge is 0.481 e. The lowest BCUT2D eigenvalue weighted by molar-refractivity contribution is 0.0990. The highest BCUT2D eigenvalue weighted by atomic mass is 19.1. The van der Waals surface area contributed by atoms with E-state index >= 15 is 0 Å². The Labute approximate surface area is 74.5 Å². The van der Waals surface area contributed by atoms with Crippen molar-refractivity contribution in [3.05, 3.63) is 23.1 Å². The molecule has 0 aliphatic heterocycles. The van der Waals surface area contributed by atoms with E-state index in [-0.39, 0.29) is 11.4 Å². The molecule has 1 rings (SSSR count). The third kappa shape index (κ3) is 1.74. The van der Waals surface area contributed by atoms with Crippen LogP contribution in [-0.4, -0.2) is 18.0 Å². The summed E-state index contributed by atoms with van der Waals surface area (Å²) in [7, 11) is 1.38. The van der Waals surface area contributed by atoms with Gasteiger partial charge in [-0.3, -0.25) is 4.79 Å². The van der Waals surface area contributed by atoms with Gasteiger partial charge in [-0.1, -0.05) is 0 Å². The molecule has 0 unspecified atom stereocenters. The third-order valence-electron chi connectivity index (χ3n) is 1.56. The topological polar surface area (TPSA) is 65.2 Å². The monoisotopic (exact) mass is 184 g/mol. The smallest absolute Gasteiger partial charge is 0.270 e. The fourth-order valence-electron chi connectivity index (χ4n) is 0.895. The first kappa shape index (κ1) is 9.44. The highest BCUT2D eigenvalue weighted by molar-refractivity contribution is 5.91. The molecule has 0 bridgehead atoms. The third-order valence-corrected chi connectivity index (χ3v) is 1.56. The second-order valence-electron chi connectivity index (χ2n) is 2.51. The van der Waals surface area contributed by atoms with Gasteiger partial charge in [0.1, 0.15) is 0 Å². The number of primary amides is 1. The van der Waals surface area contributed by atoms with Gasteiger partial charge in [0.2, 0.25) is 5.88 Å². The molecule has 70 valence electrons. The highest BCUT2D eigenvalue weighted by Gasteiger charge is 2.14. The fraction of sp³-hybridized carbons (Fsp3) is 0.250. The number of amides is 1. The molecule has 1 aromatic rings. The number of ether oxygens (including phenoxy) is 1. The highest BCUT2D eigenvalue weighted by Crippen LogP contribution is 2.15. The van der Waals surface area contributed by atoms with Crippen molar-refractivity contribution in [1.29, 1.82) is 0 Å². The molecular weight excluding hydrogens is 175 g/mol. The number of pyridine rings is 1. The maximum absolute atomic E-state index is 13.1. The van der Waals surface area contributed by atoms with Crippen molar-refractivity contribution in [1.82, 2.24) is 4.98 Å². The number of aryl methyl sites for hydroxylation is 1. The van der Waals surface area contributed by atoms with E-state index in [9.17, 15) is 9.18 Å². The number of hydrogen-bond donors (Lipinski definition) is 1. The summed E-state index contributed by atoms with van der Waals surface area (Å²) in [6.07, 6.45) is 0. The van der Waals surface area contributed by atoms with Crippen LogP contribution in [0, 0.1) is 12.7 Å². The van der Waals surface area contributed by atoms with Crippen molar-refractivity contribution in [3.63, 3.8) is 0 Å². The summed E-state index contributed by atoms with van der Waals surface area (Å²) in [5, 5.41) is 0. The molecule has 1 amide bonds. The minimum atomic E-state index is -0.903. The van der Waals surface area contributed by atoms with Crippen LogP contribution in [0.2, 0.25) is 0 Å². The van der Waals surface area contributed by atoms with E-state index in [4.69, 9.17) is 10.5 Å². The van der Waals surface area contributed by atoms with Gasteiger partial charge in [0, 0.05) is 6.07 Å². The normalized spacial score (nSPS) is 9.77. The zero-order chi connectivity index (χ0) is 10.0. The standard InChI is InChI=1S/C8H9FN2O2/c1-4-3-5(13-2)11-7(6(4)9)8(10)12/h3H,1-2H3,(H2,10,12). The van der Waals surface area contributed by atoms with Crippen LogP contribution in [0.15, 0.2) is 6.07 Å². The van der Waals surface area contributed by atoms with E-state index < -0.39 is 17.4 Å². The molecule has 0 spiro atoms. The molecule has 0 atom stereocenters. The Hall–Kier alpha value is -1.65. The summed E-state index contributed by atoms with van der Waals surface area (Å²) in [5.41, 5.74) is 4.80. The average Bonchev–Trinajstić information content (AvgIpc) is 2.09. The molecule has 0 aliphatic rings. The Morgan fingerprint density at radius 2 is 2.31 bits per heavy atom. The number of methoxy groups -OCH3 is 1. The van der Waals surface area contributed by atoms with Crippen molar-refractivity contribution in [3.8, 4) is 5.88 Å². The van der Waals surface area contributed by atoms with Crippen LogP contribution in [0.4, 0.5) is 4.39 Å². The van der Waals surface area contributed by atoms with Gasteiger partial charge >= 0.3 is 0 Å². The molecule has 1 aromatic heterocycles. The Morgan fingerprint density at radius 1 is 1.69 bits per heavy atom. The second-order valence-corrected chi connectivity index (χ2v) is 2.51. The van der Waals surface area contributed by atoms with Crippen LogP contribution in [0.5, 0.6) is 5.88 Å². The van der Waals surface area contributed by atoms with E-state index in [1.54, 1.807) is 0 Å². The lowest BCUT2D eigenvalue weighted by Gasteiger charge is -2.04. The van der Waals surface area contributed by atoms with Crippen LogP contribution in [0.1, 0.15) is 16.1 Å². The summed E-state index contributed by atoms with van der Waals surface area (Å²) >= 11 is 0. The minimum absolute atomic E-state index is 0.174. The van der Waals surface area contributed by atoms with Crippen molar-refractivity contribution < 1.29 is 13.9 Å². The van der Waals surface area contributed by atoms with Crippen LogP contribution >= 0.6 is 0 Å². The van der Waals surface area contributed by atoms with Gasteiger partial charge in [-0.05, 0) is 12.5 Å². The predicted molar refractivity (Wildman–Crippen MR) is 44.0 cm³/mol. The average molecular weight is 184 g/mol. The van der Waals surface area contributed by atoms with Gasteiger partial charge in [0.05, 0.1) is 7.11 Å². The van der Waals surface area contributed by atoms with E-state index in [0.29, 0.717) is 0 Å². The van der Waals surface area contributed by atoms with Crippen molar-refractivity contribution in [2.24, 2.45) is 5.73 Å². The van der Waals surface area contributed by atoms with Crippen LogP contribution < -0.4 is 10.5 Å². The number of halogens is 1. The maximum Gasteiger partial charge on any atom is 0.270 e. The number of nitrogens with zero attached hydrogens (tertiary/aromatic N) is 1. The maximum atomic E-state index is 13.1. The fourth-order valence-corrected chi connectivity index (χ4v) is 0.895. The van der Waals surface area contributed by atoms with Crippen LogP contribution in [-0.2, 0) is 0 Å². The molecule has 2 N–H and O–H groups in total. The number of aromatic nitrogens is 1. The minimum Gasteiger partial charge on any atom is -0.481 e. The van der Waals surface area contributed by atoms with Gasteiger partial charge in [-0.2, -0.15) is 0 Å². The molecule has 0 saturated heterocycles. The Morgan fingerprint density at radius 3 is 2.77 bits per heavy atom. The molecule has 0 fully saturated rings. The summed E-state index contributed by atoms with van der Waals surface area (Å²) in [6, 6.07) is 1.39. The number of hydrogen-bond acceptors (Lipinski definition) is 3. The first-order valence-corrected chi connectivity index (χ1v) is 3.57. The van der Waals surface area contributed by atoms with Crippen molar-refractivity contribution in [2.45, 2.75) is 6.92 Å². The summed E-state index contributed by atoms with van der Waals surface area (Å²) in [4.78, 5) is 14.3. The molecule has 0 aromatic carbocycles. The zero-order valence-corrected chi connectivity index (χ0v) is 7.30.